The van der Waals surface area contributed by atoms with Crippen molar-refractivity contribution >= 4 is 5.78 Å². The molecule has 0 spiro atoms. The Morgan fingerprint density at radius 2 is 2.06 bits per heavy atom. The Bertz CT molecular complexity index is 391. The normalized spacial score (nSPS) is 12.5. The summed E-state index contributed by atoms with van der Waals surface area (Å²) in [5.41, 5.74) is 0.0770. The first-order valence-electron chi connectivity index (χ1n) is 5.66. The van der Waals surface area contributed by atoms with Crippen LogP contribution in [0.5, 0.6) is 0 Å². The van der Waals surface area contributed by atoms with E-state index >= 15 is 0 Å². The molecule has 17 heavy (non-hydrogen) atoms. The first kappa shape index (κ1) is 13.8. The summed E-state index contributed by atoms with van der Waals surface area (Å²) in [6, 6.07) is 3.11. The van der Waals surface area contributed by atoms with E-state index < -0.39 is 17.7 Å². The van der Waals surface area contributed by atoms with Crippen molar-refractivity contribution in [3.05, 3.63) is 35.4 Å². The van der Waals surface area contributed by atoms with Crippen LogP contribution in [0.3, 0.4) is 0 Å². The Hall–Kier alpha value is -1.29. The molecule has 0 saturated carbocycles. The first-order valence-corrected chi connectivity index (χ1v) is 5.66. The van der Waals surface area contributed by atoms with E-state index in [0.29, 0.717) is 13.0 Å². The lowest BCUT2D eigenvalue weighted by Gasteiger charge is -2.13. The Balaban J connectivity index is 2.76. The summed E-state index contributed by atoms with van der Waals surface area (Å²) < 4.78 is 31.5. The molecule has 1 unspecified atom stereocenters. The SMILES string of the molecule is CCOC(CC)C(=O)Cc1cc(F)ccc1F. The minimum Gasteiger partial charge on any atom is -0.371 e. The molecule has 0 aliphatic rings. The summed E-state index contributed by atoms with van der Waals surface area (Å²) >= 11 is 0. The van der Waals surface area contributed by atoms with Gasteiger partial charge in [-0.3, -0.25) is 4.79 Å². The summed E-state index contributed by atoms with van der Waals surface area (Å²) in [6.07, 6.45) is -0.145. The third kappa shape index (κ3) is 3.89. The highest BCUT2D eigenvalue weighted by Crippen LogP contribution is 2.13. The van der Waals surface area contributed by atoms with E-state index in [9.17, 15) is 13.6 Å². The first-order chi connectivity index (χ1) is 8.08. The number of carbonyl (C=O) groups excluding carboxylic acids is 1. The highest BCUT2D eigenvalue weighted by molar-refractivity contribution is 5.85. The van der Waals surface area contributed by atoms with E-state index in [1.807, 2.05) is 6.92 Å². The summed E-state index contributed by atoms with van der Waals surface area (Å²) in [6.45, 7) is 4.04. The predicted molar refractivity (Wildman–Crippen MR) is 60.8 cm³/mol. The number of rotatable bonds is 6. The second kappa shape index (κ2) is 6.45. The minimum atomic E-state index is -0.564. The average molecular weight is 242 g/mol. The second-order valence-electron chi connectivity index (χ2n) is 3.73. The molecule has 1 aromatic rings. The maximum absolute atomic E-state index is 13.3. The van der Waals surface area contributed by atoms with Crippen molar-refractivity contribution in [2.24, 2.45) is 0 Å². The Kier molecular flexibility index (Phi) is 5.22. The summed E-state index contributed by atoms with van der Waals surface area (Å²) in [5, 5.41) is 0. The number of carbonyl (C=O) groups is 1. The van der Waals surface area contributed by atoms with Gasteiger partial charge in [-0.1, -0.05) is 6.92 Å². The second-order valence-corrected chi connectivity index (χ2v) is 3.73. The highest BCUT2D eigenvalue weighted by atomic mass is 19.1. The molecule has 0 N–H and O–H groups in total. The molecule has 0 heterocycles. The number of ketones is 1. The monoisotopic (exact) mass is 242 g/mol. The van der Waals surface area contributed by atoms with Gasteiger partial charge in [-0.25, -0.2) is 8.78 Å². The number of benzene rings is 1. The predicted octanol–water partition coefficient (Wildman–Crippen LogP) is 2.89. The average Bonchev–Trinajstić information content (AvgIpc) is 2.30. The van der Waals surface area contributed by atoms with Crippen LogP contribution in [0.1, 0.15) is 25.8 Å². The topological polar surface area (TPSA) is 26.3 Å². The lowest BCUT2D eigenvalue weighted by atomic mass is 10.0. The van der Waals surface area contributed by atoms with Gasteiger partial charge in [-0.05, 0) is 37.1 Å². The van der Waals surface area contributed by atoms with E-state index in [-0.39, 0.29) is 17.8 Å². The van der Waals surface area contributed by atoms with Crippen LogP contribution in [0.15, 0.2) is 18.2 Å². The minimum absolute atomic E-state index is 0.0770. The van der Waals surface area contributed by atoms with Gasteiger partial charge in [0.2, 0.25) is 0 Å². The number of Topliss-reactive ketones (excluding diaryl/α,β-unsaturated/α-hetero) is 1. The molecule has 94 valence electrons. The van der Waals surface area contributed by atoms with Crippen LogP contribution in [0.25, 0.3) is 0 Å². The number of ether oxygens (including phenoxy) is 1. The molecular weight excluding hydrogens is 226 g/mol. The Morgan fingerprint density at radius 1 is 1.35 bits per heavy atom. The van der Waals surface area contributed by atoms with Crippen LogP contribution in [0.2, 0.25) is 0 Å². The van der Waals surface area contributed by atoms with Gasteiger partial charge in [-0.15, -0.1) is 0 Å². The van der Waals surface area contributed by atoms with E-state index in [2.05, 4.69) is 0 Å². The largest absolute Gasteiger partial charge is 0.371 e. The fourth-order valence-electron chi connectivity index (χ4n) is 1.62. The van der Waals surface area contributed by atoms with Gasteiger partial charge >= 0.3 is 0 Å². The molecule has 2 nitrogen and oxygen atoms in total. The molecular formula is C13H16F2O2. The molecule has 0 saturated heterocycles. The molecule has 1 atom stereocenters. The maximum Gasteiger partial charge on any atom is 0.165 e. The van der Waals surface area contributed by atoms with Crippen LogP contribution in [0, 0.1) is 11.6 Å². The smallest absolute Gasteiger partial charge is 0.165 e. The van der Waals surface area contributed by atoms with Gasteiger partial charge in [0, 0.05) is 13.0 Å². The fourth-order valence-corrected chi connectivity index (χ4v) is 1.62. The molecule has 0 aromatic heterocycles. The third-order valence-corrected chi connectivity index (χ3v) is 2.47. The quantitative estimate of drug-likeness (QED) is 0.766. The van der Waals surface area contributed by atoms with Crippen molar-refractivity contribution in [2.45, 2.75) is 32.8 Å². The van der Waals surface area contributed by atoms with E-state index in [1.165, 1.54) is 0 Å². The third-order valence-electron chi connectivity index (χ3n) is 2.47. The number of halogens is 2. The van der Waals surface area contributed by atoms with Crippen molar-refractivity contribution in [3.63, 3.8) is 0 Å². The molecule has 4 heteroatoms. The molecule has 1 aromatic carbocycles. The Labute approximate surface area is 99.6 Å². The van der Waals surface area contributed by atoms with Crippen molar-refractivity contribution < 1.29 is 18.3 Å². The fraction of sp³-hybridized carbons (Fsp3) is 0.462. The van der Waals surface area contributed by atoms with Crippen molar-refractivity contribution in [3.8, 4) is 0 Å². The maximum atomic E-state index is 13.3. The molecule has 0 aliphatic carbocycles. The van der Waals surface area contributed by atoms with Gasteiger partial charge in [0.1, 0.15) is 17.7 Å². The Morgan fingerprint density at radius 3 is 2.65 bits per heavy atom. The summed E-state index contributed by atoms with van der Waals surface area (Å²) in [4.78, 5) is 11.8. The van der Waals surface area contributed by atoms with Crippen molar-refractivity contribution in [1.29, 1.82) is 0 Å². The van der Waals surface area contributed by atoms with Crippen LogP contribution in [-0.4, -0.2) is 18.5 Å². The lowest BCUT2D eigenvalue weighted by molar-refractivity contribution is -0.129. The van der Waals surface area contributed by atoms with Gasteiger partial charge in [0.15, 0.2) is 5.78 Å². The van der Waals surface area contributed by atoms with Gasteiger partial charge in [0.25, 0.3) is 0 Å². The molecule has 0 fully saturated rings. The number of hydrogen-bond donors (Lipinski definition) is 0. The standard InChI is InChI=1S/C13H16F2O2/c1-3-13(17-4-2)12(16)8-9-7-10(14)5-6-11(9)15/h5-7,13H,3-4,8H2,1-2H3. The van der Waals surface area contributed by atoms with E-state index in [0.717, 1.165) is 18.2 Å². The zero-order chi connectivity index (χ0) is 12.8. The van der Waals surface area contributed by atoms with Gasteiger partial charge < -0.3 is 4.74 Å². The van der Waals surface area contributed by atoms with E-state index in [4.69, 9.17) is 4.74 Å². The van der Waals surface area contributed by atoms with E-state index in [1.54, 1.807) is 6.92 Å². The van der Waals surface area contributed by atoms with Crippen molar-refractivity contribution in [1.82, 2.24) is 0 Å². The number of hydrogen-bond acceptors (Lipinski definition) is 2. The van der Waals surface area contributed by atoms with Gasteiger partial charge in [-0.2, -0.15) is 0 Å². The van der Waals surface area contributed by atoms with Crippen LogP contribution >= 0.6 is 0 Å². The zero-order valence-electron chi connectivity index (χ0n) is 10.0. The highest BCUT2D eigenvalue weighted by Gasteiger charge is 2.18. The molecule has 0 bridgehead atoms. The zero-order valence-corrected chi connectivity index (χ0v) is 10.0. The molecule has 0 aliphatic heterocycles. The molecule has 0 amide bonds. The summed E-state index contributed by atoms with van der Waals surface area (Å²) in [5.74, 6) is -1.33. The van der Waals surface area contributed by atoms with Crippen LogP contribution < -0.4 is 0 Å². The lowest BCUT2D eigenvalue weighted by Crippen LogP contribution is -2.25. The molecule has 0 radical (unpaired) electrons. The molecule has 1 rings (SSSR count). The van der Waals surface area contributed by atoms with Crippen molar-refractivity contribution in [2.75, 3.05) is 6.61 Å². The van der Waals surface area contributed by atoms with Crippen LogP contribution in [-0.2, 0) is 16.0 Å². The van der Waals surface area contributed by atoms with Gasteiger partial charge in [0.05, 0.1) is 0 Å². The summed E-state index contributed by atoms with van der Waals surface area (Å²) in [7, 11) is 0. The van der Waals surface area contributed by atoms with Crippen LogP contribution in [0.4, 0.5) is 8.78 Å².